The van der Waals surface area contributed by atoms with Crippen molar-refractivity contribution in [3.8, 4) is 0 Å². The van der Waals surface area contributed by atoms with E-state index in [9.17, 15) is 0 Å². The molecule has 122 valence electrons. The molecule has 0 N–H and O–H groups in total. The van der Waals surface area contributed by atoms with Crippen molar-refractivity contribution in [2.24, 2.45) is 5.92 Å². The summed E-state index contributed by atoms with van der Waals surface area (Å²) in [5.74, 6) is 0.739. The Morgan fingerprint density at radius 3 is 1.36 bits per heavy atom. The fraction of sp³-hybridized carbons (Fsp3) is 0.556. The van der Waals surface area contributed by atoms with Crippen LogP contribution in [0.5, 0.6) is 0 Å². The predicted octanol–water partition coefficient (Wildman–Crippen LogP) is 1.44. The van der Waals surface area contributed by atoms with Crippen LogP contribution < -0.4 is 15.3 Å². The second kappa shape index (κ2) is 18.8. The van der Waals surface area contributed by atoms with Crippen LogP contribution in [0, 0.1) is 5.92 Å². The van der Waals surface area contributed by atoms with Crippen molar-refractivity contribution in [3.05, 3.63) is 47.6 Å². The first kappa shape index (κ1) is 24.0. The second-order valence-corrected chi connectivity index (χ2v) is 5.37. The zero-order valence-electron chi connectivity index (χ0n) is 14.0. The van der Waals surface area contributed by atoms with Gasteiger partial charge in [0.15, 0.2) is 0 Å². The molecule has 2 aliphatic rings. The van der Waals surface area contributed by atoms with Crippen LogP contribution in [0.1, 0.15) is 33.6 Å². The molecule has 0 fully saturated rings. The molecular weight excluding hydrogens is 355 g/mol. The van der Waals surface area contributed by atoms with Crippen LogP contribution >= 0.6 is 0 Å². The molecule has 0 amide bonds. The Morgan fingerprint density at radius 1 is 0.864 bits per heavy atom. The first-order valence-corrected chi connectivity index (χ1v) is 9.50. The maximum absolute atomic E-state index is 8.93. The molecule has 0 spiro atoms. The number of hydrogen-bond donors (Lipinski definition) is 0. The summed E-state index contributed by atoms with van der Waals surface area (Å²) in [5, 5.41) is 26.8. The van der Waals surface area contributed by atoms with Gasteiger partial charge in [0.1, 0.15) is 0 Å². The standard InChI is InChI=1S/C12H13.3C2H5O.Zr/c1-10(11-6-2-3-7-11)12-8-4-5-9-12;3*1-2-3;/h2-6,8,10H,1,7,9H2;3*2H2,1H3;/q;3*-1;+3. The van der Waals surface area contributed by atoms with E-state index in [0.29, 0.717) is 0 Å². The van der Waals surface area contributed by atoms with Gasteiger partial charge in [0.05, 0.1) is 0 Å². The molecule has 0 unspecified atom stereocenters. The number of allylic oxidation sites excluding steroid dienone is 8. The number of rotatable bonds is 3. The summed E-state index contributed by atoms with van der Waals surface area (Å²) < 4.78 is 1.33. The van der Waals surface area contributed by atoms with E-state index in [-0.39, 0.29) is 19.8 Å². The van der Waals surface area contributed by atoms with Crippen molar-refractivity contribution >= 4 is 0 Å². The molecule has 0 heterocycles. The van der Waals surface area contributed by atoms with Crippen molar-refractivity contribution in [3.63, 3.8) is 0 Å². The minimum absolute atomic E-state index is 0. The van der Waals surface area contributed by atoms with Crippen LogP contribution in [0.4, 0.5) is 0 Å². The average molecular weight is 384 g/mol. The van der Waals surface area contributed by atoms with Gasteiger partial charge in [-0.3, -0.25) is 0 Å². The summed E-state index contributed by atoms with van der Waals surface area (Å²) >= 11 is 1.65. The summed E-state index contributed by atoms with van der Waals surface area (Å²) in [6.07, 6.45) is 15.9. The van der Waals surface area contributed by atoms with Gasteiger partial charge in [-0.1, -0.05) is 20.8 Å². The van der Waals surface area contributed by atoms with E-state index in [1.54, 1.807) is 56.6 Å². The van der Waals surface area contributed by atoms with Crippen LogP contribution in [-0.2, 0) is 24.7 Å². The Kier molecular flexibility index (Phi) is 20.5. The third-order valence-corrected chi connectivity index (χ3v) is 3.70. The summed E-state index contributed by atoms with van der Waals surface area (Å²) in [6.45, 7) is 4.71. The summed E-state index contributed by atoms with van der Waals surface area (Å²) in [5.41, 5.74) is 3.23. The van der Waals surface area contributed by atoms with Crippen LogP contribution in [0.2, 0.25) is 4.13 Å². The Hall–Kier alpha value is -0.277. The Labute approximate surface area is 151 Å². The molecule has 0 aromatic carbocycles. The van der Waals surface area contributed by atoms with E-state index in [1.165, 1.54) is 17.0 Å². The molecule has 0 atom stereocenters. The molecule has 0 radical (unpaired) electrons. The molecule has 2 rings (SSSR count). The van der Waals surface area contributed by atoms with Gasteiger partial charge in [-0.05, 0) is 0 Å². The van der Waals surface area contributed by atoms with E-state index in [4.69, 9.17) is 15.3 Å². The van der Waals surface area contributed by atoms with Gasteiger partial charge in [0, 0.05) is 0 Å². The zero-order valence-corrected chi connectivity index (χ0v) is 16.5. The van der Waals surface area contributed by atoms with Crippen LogP contribution in [0.15, 0.2) is 47.6 Å². The van der Waals surface area contributed by atoms with Crippen LogP contribution in [-0.4, -0.2) is 19.8 Å². The Balaban J connectivity index is 0. The Morgan fingerprint density at radius 2 is 1.18 bits per heavy atom. The van der Waals surface area contributed by atoms with Gasteiger partial charge in [0.2, 0.25) is 0 Å². The normalized spacial score (nSPS) is 14.2. The molecule has 0 aliphatic heterocycles. The molecule has 0 bridgehead atoms. The average Bonchev–Trinajstić information content (AvgIpc) is 3.16. The molecule has 22 heavy (non-hydrogen) atoms. The fourth-order valence-corrected chi connectivity index (χ4v) is 3.23. The Bertz CT molecular complexity index is 323. The molecule has 0 saturated carbocycles. The summed E-state index contributed by atoms with van der Waals surface area (Å²) in [6, 6.07) is 0. The maximum atomic E-state index is 8.93. The molecule has 0 saturated heterocycles. The first-order valence-electron chi connectivity index (χ1n) is 7.76. The summed E-state index contributed by atoms with van der Waals surface area (Å²) in [4.78, 5) is 0. The second-order valence-electron chi connectivity index (χ2n) is 4.37. The van der Waals surface area contributed by atoms with E-state index < -0.39 is 0 Å². The van der Waals surface area contributed by atoms with Gasteiger partial charge >= 0.3 is 95.2 Å². The van der Waals surface area contributed by atoms with Gasteiger partial charge < -0.3 is 15.3 Å². The van der Waals surface area contributed by atoms with Gasteiger partial charge in [-0.15, -0.1) is 19.8 Å². The van der Waals surface area contributed by atoms with Crippen LogP contribution in [0.25, 0.3) is 0 Å². The van der Waals surface area contributed by atoms with Crippen molar-refractivity contribution in [2.45, 2.75) is 37.7 Å². The van der Waals surface area contributed by atoms with Crippen molar-refractivity contribution < 1.29 is 40.0 Å². The van der Waals surface area contributed by atoms with Crippen molar-refractivity contribution in [1.29, 1.82) is 0 Å². The van der Waals surface area contributed by atoms with Crippen molar-refractivity contribution in [2.75, 3.05) is 19.8 Å². The first-order chi connectivity index (χ1) is 10.7. The molecule has 0 aromatic heterocycles. The fourth-order valence-electron chi connectivity index (χ4n) is 1.94. The third-order valence-electron chi connectivity index (χ3n) is 2.70. The van der Waals surface area contributed by atoms with E-state index in [1.807, 2.05) is 0 Å². The van der Waals surface area contributed by atoms with Gasteiger partial charge in [-0.25, -0.2) is 0 Å². The molecule has 3 nitrogen and oxygen atoms in total. The zero-order chi connectivity index (χ0) is 17.2. The van der Waals surface area contributed by atoms with E-state index >= 15 is 0 Å². The monoisotopic (exact) mass is 382 g/mol. The van der Waals surface area contributed by atoms with E-state index in [2.05, 4.69) is 36.5 Å². The molecule has 0 aromatic rings. The third kappa shape index (κ3) is 12.3. The topological polar surface area (TPSA) is 69.2 Å². The molecule has 2 aliphatic carbocycles. The molecular formula is C18H28O3Zr. The van der Waals surface area contributed by atoms with Crippen molar-refractivity contribution in [1.82, 2.24) is 0 Å². The predicted molar refractivity (Wildman–Crippen MR) is 83.6 cm³/mol. The number of hydrogen-bond acceptors (Lipinski definition) is 3. The van der Waals surface area contributed by atoms with Crippen LogP contribution in [0.3, 0.4) is 0 Å². The quantitative estimate of drug-likeness (QED) is 0.740. The van der Waals surface area contributed by atoms with E-state index in [0.717, 1.165) is 5.92 Å². The summed E-state index contributed by atoms with van der Waals surface area (Å²) in [7, 11) is 0. The minimum atomic E-state index is 0. The van der Waals surface area contributed by atoms with Gasteiger partial charge in [0.25, 0.3) is 0 Å². The molecule has 4 heteroatoms. The van der Waals surface area contributed by atoms with Gasteiger partial charge in [-0.2, -0.15) is 0 Å². The SMILES string of the molecule is CC[O-].CC[O-].CC[O-].[Zr+3][CH2]C(C1=CC=CC1)C1=CC=CC1.